The van der Waals surface area contributed by atoms with Crippen molar-refractivity contribution in [2.24, 2.45) is 0 Å². The van der Waals surface area contributed by atoms with E-state index in [-0.39, 0.29) is 5.41 Å². The summed E-state index contributed by atoms with van der Waals surface area (Å²) in [5, 5.41) is 13.4. The van der Waals surface area contributed by atoms with Gasteiger partial charge in [-0.1, -0.05) is 13.8 Å². The Morgan fingerprint density at radius 2 is 2.00 bits per heavy atom. The van der Waals surface area contributed by atoms with Crippen LogP contribution in [0.3, 0.4) is 0 Å². The molecule has 0 saturated carbocycles. The van der Waals surface area contributed by atoms with Gasteiger partial charge >= 0.3 is 0 Å². The Bertz CT molecular complexity index is 771. The van der Waals surface area contributed by atoms with E-state index in [1.54, 1.807) is 7.11 Å². The zero-order valence-electron chi connectivity index (χ0n) is 17.7. The molecule has 0 radical (unpaired) electrons. The third kappa shape index (κ3) is 4.28. The van der Waals surface area contributed by atoms with Crippen LogP contribution in [0.4, 0.5) is 0 Å². The fourth-order valence-corrected chi connectivity index (χ4v) is 4.25. The third-order valence-corrected chi connectivity index (χ3v) is 5.85. The molecule has 1 saturated heterocycles. The highest BCUT2D eigenvalue weighted by Gasteiger charge is 2.32. The number of rotatable bonds is 7. The van der Waals surface area contributed by atoms with E-state index in [0.717, 1.165) is 48.5 Å². The van der Waals surface area contributed by atoms with Crippen LogP contribution in [-0.4, -0.2) is 44.8 Å². The monoisotopic (exact) mass is 383 g/mol. The van der Waals surface area contributed by atoms with E-state index in [0.29, 0.717) is 12.4 Å². The number of benzene rings is 1. The van der Waals surface area contributed by atoms with Gasteiger partial charge in [0, 0.05) is 17.5 Å². The number of methoxy groups -OCH3 is 1. The van der Waals surface area contributed by atoms with Crippen molar-refractivity contribution in [2.75, 3.05) is 39.9 Å². The average molecular weight is 384 g/mol. The minimum absolute atomic E-state index is 0.0485. The molecule has 5 heteroatoms. The quantitative estimate of drug-likeness (QED) is 0.719. The summed E-state index contributed by atoms with van der Waals surface area (Å²) < 4.78 is 11.4. The topological polar surface area (TPSA) is 57.5 Å². The Balaban J connectivity index is 1.93. The van der Waals surface area contributed by atoms with Gasteiger partial charge in [0.25, 0.3) is 0 Å². The molecule has 0 atom stereocenters. The molecular weight excluding hydrogens is 350 g/mol. The summed E-state index contributed by atoms with van der Waals surface area (Å²) >= 11 is 0. The maximum Gasteiger partial charge on any atom is 0.161 e. The predicted molar refractivity (Wildman–Crippen MR) is 113 cm³/mol. The lowest BCUT2D eigenvalue weighted by atomic mass is 9.77. The second-order valence-corrected chi connectivity index (χ2v) is 8.34. The number of nitriles is 1. The largest absolute Gasteiger partial charge is 0.493 e. The number of ether oxygens (including phenoxy) is 2. The van der Waals surface area contributed by atoms with E-state index in [1.807, 2.05) is 13.0 Å². The maximum atomic E-state index is 9.87. The summed E-state index contributed by atoms with van der Waals surface area (Å²) in [7, 11) is 1.66. The first kappa shape index (κ1) is 20.5. The molecule has 2 heterocycles. The van der Waals surface area contributed by atoms with E-state index in [1.165, 1.54) is 31.5 Å². The molecule has 0 amide bonds. The van der Waals surface area contributed by atoms with Crippen molar-refractivity contribution in [2.45, 2.75) is 51.9 Å². The van der Waals surface area contributed by atoms with Crippen molar-refractivity contribution < 1.29 is 9.47 Å². The van der Waals surface area contributed by atoms with Crippen LogP contribution in [0.15, 0.2) is 17.7 Å². The summed E-state index contributed by atoms with van der Waals surface area (Å²) in [6, 6.07) is 6.59. The molecule has 2 aliphatic heterocycles. The number of allylic oxidation sites excluding steroid dienone is 1. The first-order chi connectivity index (χ1) is 13.5. The zero-order valence-corrected chi connectivity index (χ0v) is 17.7. The van der Waals surface area contributed by atoms with Crippen LogP contribution in [0.25, 0.3) is 5.70 Å². The van der Waals surface area contributed by atoms with Crippen molar-refractivity contribution in [3.05, 3.63) is 28.8 Å². The van der Waals surface area contributed by atoms with Gasteiger partial charge in [-0.15, -0.1) is 0 Å². The second-order valence-electron chi connectivity index (χ2n) is 8.34. The average Bonchev–Trinajstić information content (AvgIpc) is 3.20. The highest BCUT2D eigenvalue weighted by atomic mass is 16.5. The van der Waals surface area contributed by atoms with Gasteiger partial charge < -0.3 is 19.7 Å². The summed E-state index contributed by atoms with van der Waals surface area (Å²) in [6.07, 6.45) is 4.42. The lowest BCUT2D eigenvalue weighted by molar-refractivity contribution is 0.309. The number of nitrogens with zero attached hydrogens (tertiary/aromatic N) is 2. The molecule has 5 nitrogen and oxygen atoms in total. The number of nitrogens with one attached hydrogen (secondary N) is 1. The van der Waals surface area contributed by atoms with Gasteiger partial charge in [-0.3, -0.25) is 0 Å². The van der Waals surface area contributed by atoms with Crippen molar-refractivity contribution >= 4 is 5.70 Å². The smallest absolute Gasteiger partial charge is 0.161 e. The molecule has 1 aromatic rings. The summed E-state index contributed by atoms with van der Waals surface area (Å²) in [5.41, 5.74) is 4.02. The van der Waals surface area contributed by atoms with Crippen LogP contribution < -0.4 is 14.8 Å². The second kappa shape index (κ2) is 8.87. The standard InChI is InChI=1S/C23H33N3O2/c1-5-28-21-14-19-18(13-20(21)27-4)22(25-16-23(19,2)3)17(15-24)9-8-12-26-10-6-7-11-26/h13-14,25H,5-12,16H2,1-4H3. The number of likely N-dealkylation sites (tertiary alicyclic amines) is 1. The molecule has 1 N–H and O–H groups in total. The van der Waals surface area contributed by atoms with Crippen molar-refractivity contribution in [1.29, 1.82) is 5.26 Å². The number of hydrogen-bond donors (Lipinski definition) is 1. The van der Waals surface area contributed by atoms with E-state index in [4.69, 9.17) is 9.47 Å². The molecule has 0 unspecified atom stereocenters. The van der Waals surface area contributed by atoms with Crippen LogP contribution >= 0.6 is 0 Å². The molecule has 0 spiro atoms. The van der Waals surface area contributed by atoms with Crippen LogP contribution in [0.1, 0.15) is 57.6 Å². The number of fused-ring (bicyclic) bond motifs is 1. The van der Waals surface area contributed by atoms with Crippen LogP contribution in [0, 0.1) is 11.3 Å². The summed E-state index contributed by atoms with van der Waals surface area (Å²) in [5.74, 6) is 1.48. The maximum absolute atomic E-state index is 9.87. The van der Waals surface area contributed by atoms with Gasteiger partial charge in [-0.25, -0.2) is 0 Å². The predicted octanol–water partition coefficient (Wildman–Crippen LogP) is 4.09. The molecule has 0 bridgehead atoms. The van der Waals surface area contributed by atoms with Crippen molar-refractivity contribution in [3.8, 4) is 17.6 Å². The van der Waals surface area contributed by atoms with Gasteiger partial charge in [-0.2, -0.15) is 5.26 Å². The lowest BCUT2D eigenvalue weighted by Gasteiger charge is -2.36. The summed E-state index contributed by atoms with van der Waals surface area (Å²) in [4.78, 5) is 2.50. The van der Waals surface area contributed by atoms with Crippen molar-refractivity contribution in [1.82, 2.24) is 10.2 Å². The normalized spacial score (nSPS) is 20.1. The van der Waals surface area contributed by atoms with Crippen LogP contribution in [0.5, 0.6) is 11.5 Å². The van der Waals surface area contributed by atoms with Gasteiger partial charge in [0.1, 0.15) is 0 Å². The molecule has 152 valence electrons. The lowest BCUT2D eigenvalue weighted by Crippen LogP contribution is -2.38. The highest BCUT2D eigenvalue weighted by Crippen LogP contribution is 2.42. The molecule has 28 heavy (non-hydrogen) atoms. The van der Waals surface area contributed by atoms with Crippen molar-refractivity contribution in [3.63, 3.8) is 0 Å². The van der Waals surface area contributed by atoms with Gasteiger partial charge in [-0.05, 0) is 69.9 Å². The van der Waals surface area contributed by atoms with E-state index in [2.05, 4.69) is 36.2 Å². The van der Waals surface area contributed by atoms with Crippen LogP contribution in [-0.2, 0) is 5.41 Å². The Labute approximate surface area is 169 Å². The molecule has 1 aromatic carbocycles. The molecular formula is C23H33N3O2. The van der Waals surface area contributed by atoms with Gasteiger partial charge in [0.05, 0.1) is 31.1 Å². The summed E-state index contributed by atoms with van der Waals surface area (Å²) in [6.45, 7) is 11.3. The van der Waals surface area contributed by atoms with E-state index < -0.39 is 0 Å². The Morgan fingerprint density at radius 3 is 2.64 bits per heavy atom. The Kier molecular flexibility index (Phi) is 6.51. The third-order valence-electron chi connectivity index (χ3n) is 5.85. The minimum atomic E-state index is -0.0485. The Morgan fingerprint density at radius 1 is 1.25 bits per heavy atom. The highest BCUT2D eigenvalue weighted by molar-refractivity contribution is 5.77. The molecule has 3 rings (SSSR count). The SMILES string of the molecule is CCOc1cc2c(cc1OC)C(=C(C#N)CCCN1CCCC1)NCC2(C)C. The van der Waals surface area contributed by atoms with Gasteiger partial charge in [0.2, 0.25) is 0 Å². The zero-order chi connectivity index (χ0) is 20.1. The molecule has 2 aliphatic rings. The fourth-order valence-electron chi connectivity index (χ4n) is 4.25. The van der Waals surface area contributed by atoms with E-state index in [9.17, 15) is 5.26 Å². The van der Waals surface area contributed by atoms with Gasteiger partial charge in [0.15, 0.2) is 11.5 Å². The minimum Gasteiger partial charge on any atom is -0.493 e. The van der Waals surface area contributed by atoms with Crippen LogP contribution in [0.2, 0.25) is 0 Å². The van der Waals surface area contributed by atoms with E-state index >= 15 is 0 Å². The molecule has 0 aliphatic carbocycles. The molecule has 0 aromatic heterocycles. The fraction of sp³-hybridized carbons (Fsp3) is 0.609. The first-order valence-corrected chi connectivity index (χ1v) is 10.4. The first-order valence-electron chi connectivity index (χ1n) is 10.4. The number of hydrogen-bond acceptors (Lipinski definition) is 5. The molecule has 1 fully saturated rings. The Hall–Kier alpha value is -2.19.